The molecule has 0 spiro atoms. The standard InChI is InChI=1S/C12H16ClNO2S/c1-14-7-3-4-9-8-10-11(13)5-2-6-12(10)17(9,15)16/h2,5-6,9,14H,3-4,7-8H2,1H3. The van der Waals surface area contributed by atoms with Crippen LogP contribution in [0.2, 0.25) is 5.02 Å². The van der Waals surface area contributed by atoms with Gasteiger partial charge in [-0.3, -0.25) is 0 Å². The van der Waals surface area contributed by atoms with Crippen LogP contribution in [0.1, 0.15) is 18.4 Å². The van der Waals surface area contributed by atoms with Gasteiger partial charge in [-0.15, -0.1) is 0 Å². The lowest BCUT2D eigenvalue weighted by molar-refractivity contribution is 0.570. The molecule has 1 N–H and O–H groups in total. The number of nitrogens with one attached hydrogen (secondary N) is 1. The molecule has 0 fully saturated rings. The molecule has 94 valence electrons. The zero-order chi connectivity index (χ0) is 12.5. The van der Waals surface area contributed by atoms with E-state index in [1.54, 1.807) is 18.2 Å². The van der Waals surface area contributed by atoms with Crippen LogP contribution in [0.25, 0.3) is 0 Å². The zero-order valence-electron chi connectivity index (χ0n) is 9.74. The summed E-state index contributed by atoms with van der Waals surface area (Å²) in [4.78, 5) is 0.430. The third kappa shape index (κ3) is 2.34. The molecule has 17 heavy (non-hydrogen) atoms. The molecule has 1 unspecified atom stereocenters. The Labute approximate surface area is 107 Å². The number of sulfone groups is 1. The average Bonchev–Trinajstić information content (AvgIpc) is 2.54. The summed E-state index contributed by atoms with van der Waals surface area (Å²) in [7, 11) is -1.29. The summed E-state index contributed by atoms with van der Waals surface area (Å²) in [6.45, 7) is 0.843. The number of rotatable bonds is 4. The van der Waals surface area contributed by atoms with Crippen LogP contribution in [0, 0.1) is 0 Å². The van der Waals surface area contributed by atoms with Gasteiger partial charge < -0.3 is 5.32 Å². The number of hydrogen-bond acceptors (Lipinski definition) is 3. The summed E-state index contributed by atoms with van der Waals surface area (Å²) >= 11 is 6.05. The van der Waals surface area contributed by atoms with Crippen molar-refractivity contribution in [1.29, 1.82) is 0 Å². The topological polar surface area (TPSA) is 46.2 Å². The van der Waals surface area contributed by atoms with E-state index in [9.17, 15) is 8.42 Å². The van der Waals surface area contributed by atoms with Crippen molar-refractivity contribution in [3.05, 3.63) is 28.8 Å². The van der Waals surface area contributed by atoms with Crippen LogP contribution in [0.15, 0.2) is 23.1 Å². The highest BCUT2D eigenvalue weighted by molar-refractivity contribution is 7.92. The third-order valence-corrected chi connectivity index (χ3v) is 5.84. The first-order valence-corrected chi connectivity index (χ1v) is 7.65. The van der Waals surface area contributed by atoms with Gasteiger partial charge in [0.15, 0.2) is 9.84 Å². The minimum Gasteiger partial charge on any atom is -0.320 e. The maximum atomic E-state index is 12.3. The Morgan fingerprint density at radius 3 is 2.88 bits per heavy atom. The second-order valence-electron chi connectivity index (χ2n) is 4.33. The van der Waals surface area contributed by atoms with Crippen LogP contribution in [0.5, 0.6) is 0 Å². The minimum absolute atomic E-state index is 0.300. The van der Waals surface area contributed by atoms with E-state index in [-0.39, 0.29) is 5.25 Å². The predicted octanol–water partition coefficient (Wildman–Crippen LogP) is 2.04. The molecule has 3 nitrogen and oxygen atoms in total. The Bertz CT molecular complexity index is 513. The first-order chi connectivity index (χ1) is 8.07. The molecule has 2 rings (SSSR count). The van der Waals surface area contributed by atoms with Gasteiger partial charge in [-0.05, 0) is 50.6 Å². The first kappa shape index (κ1) is 12.9. The molecule has 1 aliphatic rings. The van der Waals surface area contributed by atoms with E-state index in [1.165, 1.54) is 0 Å². The van der Waals surface area contributed by atoms with Crippen molar-refractivity contribution < 1.29 is 8.42 Å². The van der Waals surface area contributed by atoms with Gasteiger partial charge in [0.1, 0.15) is 0 Å². The fraction of sp³-hybridized carbons (Fsp3) is 0.500. The second-order valence-corrected chi connectivity index (χ2v) is 6.94. The molecular formula is C12H16ClNO2S. The molecule has 1 aliphatic heterocycles. The molecule has 5 heteroatoms. The summed E-state index contributed by atoms with van der Waals surface area (Å²) in [5, 5.41) is 3.30. The summed E-state index contributed by atoms with van der Waals surface area (Å²) < 4.78 is 24.5. The molecule has 1 aromatic rings. The first-order valence-electron chi connectivity index (χ1n) is 5.73. The number of fused-ring (bicyclic) bond motifs is 1. The van der Waals surface area contributed by atoms with Crippen LogP contribution >= 0.6 is 11.6 Å². The average molecular weight is 274 g/mol. The van der Waals surface area contributed by atoms with Crippen molar-refractivity contribution >= 4 is 21.4 Å². The highest BCUT2D eigenvalue weighted by atomic mass is 35.5. The van der Waals surface area contributed by atoms with Gasteiger partial charge >= 0.3 is 0 Å². The molecule has 1 aromatic carbocycles. The lowest BCUT2D eigenvalue weighted by Gasteiger charge is -2.08. The van der Waals surface area contributed by atoms with E-state index in [4.69, 9.17) is 11.6 Å². The molecule has 0 aromatic heterocycles. The summed E-state index contributed by atoms with van der Waals surface area (Å²) in [6.07, 6.45) is 2.11. The fourth-order valence-corrected chi connectivity index (χ4v) is 4.62. The van der Waals surface area contributed by atoms with E-state index < -0.39 is 9.84 Å². The highest BCUT2D eigenvalue weighted by Crippen LogP contribution is 2.37. The third-order valence-electron chi connectivity index (χ3n) is 3.21. The zero-order valence-corrected chi connectivity index (χ0v) is 11.3. The normalized spacial score (nSPS) is 21.4. The molecule has 0 saturated heterocycles. The van der Waals surface area contributed by atoms with Crippen LogP contribution in [-0.4, -0.2) is 27.3 Å². The van der Waals surface area contributed by atoms with Crippen molar-refractivity contribution in [2.75, 3.05) is 13.6 Å². The molecule has 0 aliphatic carbocycles. The number of benzene rings is 1. The minimum atomic E-state index is -3.16. The van der Waals surface area contributed by atoms with Crippen molar-refractivity contribution in [3.8, 4) is 0 Å². The quantitative estimate of drug-likeness (QED) is 0.854. The van der Waals surface area contributed by atoms with Gasteiger partial charge in [0.2, 0.25) is 0 Å². The van der Waals surface area contributed by atoms with E-state index in [0.29, 0.717) is 22.8 Å². The summed E-state index contributed by atoms with van der Waals surface area (Å²) in [5.74, 6) is 0. The monoisotopic (exact) mass is 273 g/mol. The molecule has 1 heterocycles. The van der Waals surface area contributed by atoms with Gasteiger partial charge in [-0.1, -0.05) is 17.7 Å². The van der Waals surface area contributed by atoms with Crippen molar-refractivity contribution in [3.63, 3.8) is 0 Å². The maximum absolute atomic E-state index is 12.3. The lowest BCUT2D eigenvalue weighted by Crippen LogP contribution is -2.19. The number of halogens is 1. The van der Waals surface area contributed by atoms with Gasteiger partial charge in [-0.25, -0.2) is 8.42 Å². The van der Waals surface area contributed by atoms with Gasteiger partial charge in [0.25, 0.3) is 0 Å². The van der Waals surface area contributed by atoms with Crippen LogP contribution in [0.3, 0.4) is 0 Å². The molecule has 1 atom stereocenters. The Morgan fingerprint density at radius 1 is 1.47 bits per heavy atom. The largest absolute Gasteiger partial charge is 0.320 e. The van der Waals surface area contributed by atoms with Crippen LogP contribution < -0.4 is 5.32 Å². The molecule has 0 amide bonds. The predicted molar refractivity (Wildman–Crippen MR) is 69.3 cm³/mol. The van der Waals surface area contributed by atoms with E-state index in [0.717, 1.165) is 18.5 Å². The molecule has 0 saturated carbocycles. The summed E-state index contributed by atoms with van der Waals surface area (Å²) in [5.41, 5.74) is 0.795. The van der Waals surface area contributed by atoms with Crippen molar-refractivity contribution in [2.45, 2.75) is 29.4 Å². The number of hydrogen-bond donors (Lipinski definition) is 1. The van der Waals surface area contributed by atoms with Gasteiger partial charge in [0.05, 0.1) is 10.1 Å². The maximum Gasteiger partial charge on any atom is 0.181 e. The Kier molecular flexibility index (Phi) is 3.76. The fourth-order valence-electron chi connectivity index (χ4n) is 2.28. The van der Waals surface area contributed by atoms with E-state index in [1.807, 2.05) is 7.05 Å². The highest BCUT2D eigenvalue weighted by Gasteiger charge is 2.37. The Hall–Kier alpha value is -0.580. The van der Waals surface area contributed by atoms with E-state index >= 15 is 0 Å². The van der Waals surface area contributed by atoms with Crippen LogP contribution in [0.4, 0.5) is 0 Å². The lowest BCUT2D eigenvalue weighted by atomic mass is 10.1. The van der Waals surface area contributed by atoms with Gasteiger partial charge in [-0.2, -0.15) is 0 Å². The van der Waals surface area contributed by atoms with Crippen LogP contribution in [-0.2, 0) is 16.3 Å². The smallest absolute Gasteiger partial charge is 0.181 e. The molecule has 0 bridgehead atoms. The van der Waals surface area contributed by atoms with Crippen molar-refractivity contribution in [1.82, 2.24) is 5.32 Å². The van der Waals surface area contributed by atoms with Gasteiger partial charge in [0, 0.05) is 5.02 Å². The van der Waals surface area contributed by atoms with Crippen molar-refractivity contribution in [2.24, 2.45) is 0 Å². The molecular weight excluding hydrogens is 258 g/mol. The molecule has 0 radical (unpaired) electrons. The summed E-state index contributed by atoms with van der Waals surface area (Å²) in [6, 6.07) is 5.12. The Morgan fingerprint density at radius 2 is 2.24 bits per heavy atom. The second kappa shape index (κ2) is 4.96. The SMILES string of the molecule is CNCCCC1Cc2c(Cl)cccc2S1(=O)=O. The van der Waals surface area contributed by atoms with E-state index in [2.05, 4.69) is 5.32 Å². The Balaban J connectivity index is 2.24.